The Morgan fingerprint density at radius 1 is 1.63 bits per heavy atom. The monoisotopic (exact) mass is 327 g/mol. The van der Waals surface area contributed by atoms with Crippen molar-refractivity contribution in [3.05, 3.63) is 35.5 Å². The van der Waals surface area contributed by atoms with Crippen molar-refractivity contribution in [1.29, 1.82) is 0 Å². The van der Waals surface area contributed by atoms with Gasteiger partial charge in [0.2, 0.25) is 5.88 Å². The summed E-state index contributed by atoms with van der Waals surface area (Å²) in [6.07, 6.45) is 3.27. The number of aromatic nitrogens is 1. The van der Waals surface area contributed by atoms with E-state index in [0.717, 1.165) is 4.47 Å². The molecule has 0 unspecified atom stereocenters. The van der Waals surface area contributed by atoms with Gasteiger partial charge in [0.25, 0.3) is 0 Å². The molecule has 0 aliphatic heterocycles. The summed E-state index contributed by atoms with van der Waals surface area (Å²) in [5.41, 5.74) is -0.512. The van der Waals surface area contributed by atoms with E-state index in [1.54, 1.807) is 12.3 Å². The smallest absolute Gasteiger partial charge is 0.315 e. The normalized spacial score (nSPS) is 10.7. The number of halogens is 1. The standard InChI is InChI=1S/C13H18BrN3O2/c1-4-7-16-12(18)17-13(2,3)9-19-11-10(14)6-5-8-15-11/h4-6,8H,1,7,9H2,2-3H3,(H2,16,17,18). The molecule has 1 aromatic rings. The van der Waals surface area contributed by atoms with Crippen molar-refractivity contribution in [2.45, 2.75) is 19.4 Å². The Labute approximate surface area is 121 Å². The lowest BCUT2D eigenvalue weighted by molar-refractivity contribution is 0.191. The van der Waals surface area contributed by atoms with Gasteiger partial charge < -0.3 is 15.4 Å². The van der Waals surface area contributed by atoms with Gasteiger partial charge in [-0.1, -0.05) is 6.08 Å². The molecule has 0 radical (unpaired) electrons. The van der Waals surface area contributed by atoms with Crippen molar-refractivity contribution >= 4 is 22.0 Å². The number of carbonyl (C=O) groups excluding carboxylic acids is 1. The fourth-order valence-electron chi connectivity index (χ4n) is 1.28. The average Bonchev–Trinajstić information content (AvgIpc) is 2.35. The van der Waals surface area contributed by atoms with Crippen LogP contribution in [-0.2, 0) is 0 Å². The lowest BCUT2D eigenvalue weighted by Gasteiger charge is -2.26. The number of pyridine rings is 1. The Hall–Kier alpha value is -1.56. The highest BCUT2D eigenvalue weighted by Crippen LogP contribution is 2.21. The molecule has 5 nitrogen and oxygen atoms in total. The summed E-state index contributed by atoms with van der Waals surface area (Å²) in [7, 11) is 0. The van der Waals surface area contributed by atoms with E-state index < -0.39 is 5.54 Å². The van der Waals surface area contributed by atoms with Crippen molar-refractivity contribution in [3.8, 4) is 5.88 Å². The van der Waals surface area contributed by atoms with Crippen molar-refractivity contribution in [3.63, 3.8) is 0 Å². The number of ether oxygens (including phenoxy) is 1. The van der Waals surface area contributed by atoms with E-state index in [-0.39, 0.29) is 6.03 Å². The lowest BCUT2D eigenvalue weighted by Crippen LogP contribution is -2.51. The first-order valence-electron chi connectivity index (χ1n) is 5.85. The maximum absolute atomic E-state index is 11.5. The molecule has 0 bridgehead atoms. The highest BCUT2D eigenvalue weighted by atomic mass is 79.9. The Kier molecular flexibility index (Phi) is 5.82. The fraction of sp³-hybridized carbons (Fsp3) is 0.385. The Bertz CT molecular complexity index is 449. The first kappa shape index (κ1) is 15.5. The largest absolute Gasteiger partial charge is 0.474 e. The van der Waals surface area contributed by atoms with Crippen LogP contribution < -0.4 is 15.4 Å². The van der Waals surface area contributed by atoms with Gasteiger partial charge in [-0.05, 0) is 41.9 Å². The zero-order valence-corrected chi connectivity index (χ0v) is 12.7. The van der Waals surface area contributed by atoms with Gasteiger partial charge in [-0.3, -0.25) is 0 Å². The third-order valence-corrected chi connectivity index (χ3v) is 2.76. The second kappa shape index (κ2) is 7.13. The third kappa shape index (κ3) is 5.74. The highest BCUT2D eigenvalue weighted by molar-refractivity contribution is 9.10. The molecule has 0 spiro atoms. The molecule has 2 amide bonds. The third-order valence-electron chi connectivity index (χ3n) is 2.15. The van der Waals surface area contributed by atoms with Gasteiger partial charge in [-0.15, -0.1) is 6.58 Å². The molecule has 1 rings (SSSR count). The number of carbonyl (C=O) groups is 1. The summed E-state index contributed by atoms with van der Waals surface area (Å²) in [4.78, 5) is 15.6. The number of nitrogens with one attached hydrogen (secondary N) is 2. The summed E-state index contributed by atoms with van der Waals surface area (Å²) in [6, 6.07) is 3.40. The molecule has 0 fully saturated rings. The minimum atomic E-state index is -0.512. The molecule has 1 aromatic heterocycles. The van der Waals surface area contributed by atoms with Crippen LogP contribution in [0.5, 0.6) is 5.88 Å². The van der Waals surface area contributed by atoms with Crippen LogP contribution in [0.3, 0.4) is 0 Å². The van der Waals surface area contributed by atoms with E-state index in [1.807, 2.05) is 26.0 Å². The number of amides is 2. The van der Waals surface area contributed by atoms with Crippen LogP contribution in [0, 0.1) is 0 Å². The molecular weight excluding hydrogens is 310 g/mol. The summed E-state index contributed by atoms with van der Waals surface area (Å²) < 4.78 is 6.37. The van der Waals surface area contributed by atoms with Crippen LogP contribution in [0.2, 0.25) is 0 Å². The molecule has 0 aliphatic carbocycles. The summed E-state index contributed by atoms with van der Waals surface area (Å²) >= 11 is 3.35. The van der Waals surface area contributed by atoms with Crippen molar-refractivity contribution in [1.82, 2.24) is 15.6 Å². The van der Waals surface area contributed by atoms with E-state index in [9.17, 15) is 4.79 Å². The van der Waals surface area contributed by atoms with Crippen LogP contribution >= 0.6 is 15.9 Å². The van der Waals surface area contributed by atoms with Crippen molar-refractivity contribution < 1.29 is 9.53 Å². The predicted molar refractivity (Wildman–Crippen MR) is 78.2 cm³/mol. The second-order valence-electron chi connectivity index (χ2n) is 4.59. The van der Waals surface area contributed by atoms with E-state index in [4.69, 9.17) is 4.74 Å². The van der Waals surface area contributed by atoms with E-state index in [1.165, 1.54) is 0 Å². The Morgan fingerprint density at radius 3 is 3.00 bits per heavy atom. The second-order valence-corrected chi connectivity index (χ2v) is 5.44. The predicted octanol–water partition coefficient (Wildman–Crippen LogP) is 2.49. The maximum atomic E-state index is 11.5. The van der Waals surface area contributed by atoms with E-state index >= 15 is 0 Å². The van der Waals surface area contributed by atoms with E-state index in [2.05, 4.69) is 38.1 Å². The van der Waals surface area contributed by atoms with Gasteiger partial charge in [-0.2, -0.15) is 0 Å². The maximum Gasteiger partial charge on any atom is 0.315 e. The zero-order chi connectivity index (χ0) is 14.3. The van der Waals surface area contributed by atoms with Gasteiger partial charge in [0.1, 0.15) is 6.61 Å². The van der Waals surface area contributed by atoms with Gasteiger partial charge in [0.05, 0.1) is 10.0 Å². The number of nitrogens with zero attached hydrogens (tertiary/aromatic N) is 1. The highest BCUT2D eigenvalue weighted by Gasteiger charge is 2.21. The minimum Gasteiger partial charge on any atom is -0.474 e. The quantitative estimate of drug-likeness (QED) is 0.789. The molecule has 0 saturated carbocycles. The fourth-order valence-corrected chi connectivity index (χ4v) is 1.65. The molecule has 0 aromatic carbocycles. The Morgan fingerprint density at radius 2 is 2.37 bits per heavy atom. The topological polar surface area (TPSA) is 63.2 Å². The van der Waals surface area contributed by atoms with Gasteiger partial charge in [0.15, 0.2) is 0 Å². The number of rotatable bonds is 6. The summed E-state index contributed by atoms with van der Waals surface area (Å²) in [5, 5.41) is 5.46. The first-order chi connectivity index (χ1) is 8.94. The number of urea groups is 1. The van der Waals surface area contributed by atoms with Gasteiger partial charge in [0, 0.05) is 12.7 Å². The first-order valence-corrected chi connectivity index (χ1v) is 6.64. The number of hydrogen-bond acceptors (Lipinski definition) is 3. The lowest BCUT2D eigenvalue weighted by atomic mass is 10.1. The molecule has 2 N–H and O–H groups in total. The summed E-state index contributed by atoms with van der Waals surface area (Å²) in [5.74, 6) is 0.504. The average molecular weight is 328 g/mol. The number of hydrogen-bond donors (Lipinski definition) is 2. The molecule has 0 saturated heterocycles. The minimum absolute atomic E-state index is 0.256. The molecule has 6 heteroatoms. The Balaban J connectivity index is 2.48. The molecule has 104 valence electrons. The van der Waals surface area contributed by atoms with Gasteiger partial charge in [-0.25, -0.2) is 9.78 Å². The van der Waals surface area contributed by atoms with Crippen LogP contribution in [0.15, 0.2) is 35.5 Å². The molecule has 19 heavy (non-hydrogen) atoms. The molecule has 0 atom stereocenters. The summed E-state index contributed by atoms with van der Waals surface area (Å²) in [6.45, 7) is 8.01. The van der Waals surface area contributed by atoms with E-state index in [0.29, 0.717) is 19.0 Å². The van der Waals surface area contributed by atoms with Crippen molar-refractivity contribution in [2.75, 3.05) is 13.2 Å². The van der Waals surface area contributed by atoms with Crippen molar-refractivity contribution in [2.24, 2.45) is 0 Å². The molecule has 1 heterocycles. The van der Waals surface area contributed by atoms with Crippen LogP contribution in [-0.4, -0.2) is 29.7 Å². The zero-order valence-electron chi connectivity index (χ0n) is 11.1. The molecular formula is C13H18BrN3O2. The van der Waals surface area contributed by atoms with Crippen LogP contribution in [0.25, 0.3) is 0 Å². The SMILES string of the molecule is C=CCNC(=O)NC(C)(C)COc1ncccc1Br. The van der Waals surface area contributed by atoms with Crippen LogP contribution in [0.1, 0.15) is 13.8 Å². The van der Waals surface area contributed by atoms with Crippen LogP contribution in [0.4, 0.5) is 4.79 Å². The van der Waals surface area contributed by atoms with Gasteiger partial charge >= 0.3 is 6.03 Å². The molecule has 0 aliphatic rings.